The molecular weight excluding hydrogens is 143 g/mol. The Kier molecular flexibility index (Phi) is 0.771. The molecule has 2 atom stereocenters. The standard InChI is InChI=1S/C9H7FO/c10-7-3-1-6(2-4-7)9-5-8(9)11-9/h1-4,8H,5H2. The number of hydrogen-bond donors (Lipinski definition) is 0. The van der Waals surface area contributed by atoms with Gasteiger partial charge in [0.2, 0.25) is 0 Å². The summed E-state index contributed by atoms with van der Waals surface area (Å²) in [5.74, 6) is -0.178. The van der Waals surface area contributed by atoms with E-state index in [-0.39, 0.29) is 11.4 Å². The quantitative estimate of drug-likeness (QED) is 0.556. The minimum absolute atomic E-state index is 0.0354. The highest BCUT2D eigenvalue weighted by atomic mass is 19.1. The van der Waals surface area contributed by atoms with Crippen molar-refractivity contribution in [1.29, 1.82) is 0 Å². The first kappa shape index (κ1) is 5.72. The van der Waals surface area contributed by atoms with Gasteiger partial charge in [0.15, 0.2) is 0 Å². The van der Waals surface area contributed by atoms with E-state index in [0.717, 1.165) is 12.0 Å². The van der Waals surface area contributed by atoms with Gasteiger partial charge in [-0.3, -0.25) is 0 Å². The average Bonchev–Trinajstić information content (AvgIpc) is 2.75. The van der Waals surface area contributed by atoms with Crippen molar-refractivity contribution in [3.8, 4) is 0 Å². The lowest BCUT2D eigenvalue weighted by molar-refractivity contribution is 0.225. The highest BCUT2D eigenvalue weighted by Crippen LogP contribution is 2.67. The molecule has 0 bridgehead atoms. The Morgan fingerprint density at radius 3 is 2.36 bits per heavy atom. The second kappa shape index (κ2) is 1.48. The Hall–Kier alpha value is -0.890. The van der Waals surface area contributed by atoms with Crippen LogP contribution in [0.5, 0.6) is 0 Å². The van der Waals surface area contributed by atoms with Crippen LogP contribution in [0.2, 0.25) is 0 Å². The van der Waals surface area contributed by atoms with Crippen LogP contribution in [-0.2, 0) is 10.3 Å². The fourth-order valence-corrected chi connectivity index (χ4v) is 1.53. The predicted molar refractivity (Wildman–Crippen MR) is 37.6 cm³/mol. The van der Waals surface area contributed by atoms with E-state index >= 15 is 0 Å². The predicted octanol–water partition coefficient (Wildman–Crippen LogP) is 1.82. The molecule has 1 heterocycles. The Labute approximate surface area is 63.8 Å². The van der Waals surface area contributed by atoms with Gasteiger partial charge in [-0.15, -0.1) is 0 Å². The molecule has 3 rings (SSSR count). The number of halogens is 1. The molecule has 1 nitrogen and oxygen atoms in total. The molecule has 1 aliphatic carbocycles. The summed E-state index contributed by atoms with van der Waals surface area (Å²) in [7, 11) is 0. The van der Waals surface area contributed by atoms with Crippen molar-refractivity contribution in [3.63, 3.8) is 0 Å². The van der Waals surface area contributed by atoms with Crippen LogP contribution in [0.25, 0.3) is 0 Å². The molecule has 0 aromatic heterocycles. The van der Waals surface area contributed by atoms with Gasteiger partial charge in [0.1, 0.15) is 11.4 Å². The molecule has 2 aliphatic rings. The molecule has 1 aromatic carbocycles. The van der Waals surface area contributed by atoms with Crippen LogP contribution in [0, 0.1) is 5.82 Å². The van der Waals surface area contributed by atoms with Gasteiger partial charge in [0.25, 0.3) is 0 Å². The number of ether oxygens (including phenoxy) is 1. The van der Waals surface area contributed by atoms with Gasteiger partial charge in [-0.05, 0) is 17.7 Å². The maximum absolute atomic E-state index is 12.5. The van der Waals surface area contributed by atoms with Crippen molar-refractivity contribution < 1.29 is 9.13 Å². The number of benzene rings is 1. The van der Waals surface area contributed by atoms with Crippen LogP contribution in [-0.4, -0.2) is 6.10 Å². The molecule has 0 amide bonds. The van der Waals surface area contributed by atoms with Crippen molar-refractivity contribution in [2.75, 3.05) is 0 Å². The summed E-state index contributed by atoms with van der Waals surface area (Å²) in [6.45, 7) is 0. The van der Waals surface area contributed by atoms with E-state index < -0.39 is 0 Å². The second-order valence-electron chi connectivity index (χ2n) is 3.21. The zero-order chi connectivity index (χ0) is 7.47. The molecule has 56 valence electrons. The smallest absolute Gasteiger partial charge is 0.123 e. The summed E-state index contributed by atoms with van der Waals surface area (Å²) in [5.41, 5.74) is 1.16. The molecule has 2 unspecified atom stereocenters. The lowest BCUT2D eigenvalue weighted by atomic mass is 10.1. The van der Waals surface area contributed by atoms with E-state index in [1.807, 2.05) is 12.1 Å². The van der Waals surface area contributed by atoms with Crippen LogP contribution < -0.4 is 0 Å². The van der Waals surface area contributed by atoms with Crippen molar-refractivity contribution in [2.24, 2.45) is 0 Å². The minimum Gasteiger partial charge on any atom is -0.361 e. The van der Waals surface area contributed by atoms with Crippen LogP contribution in [0.15, 0.2) is 24.3 Å². The molecule has 2 fully saturated rings. The monoisotopic (exact) mass is 150 g/mol. The van der Waals surface area contributed by atoms with Gasteiger partial charge in [0.05, 0.1) is 6.10 Å². The van der Waals surface area contributed by atoms with Gasteiger partial charge in [-0.25, -0.2) is 4.39 Å². The minimum atomic E-state index is -0.178. The van der Waals surface area contributed by atoms with Gasteiger partial charge >= 0.3 is 0 Å². The second-order valence-corrected chi connectivity index (χ2v) is 3.21. The molecule has 1 saturated carbocycles. The van der Waals surface area contributed by atoms with Crippen LogP contribution >= 0.6 is 0 Å². The van der Waals surface area contributed by atoms with Crippen LogP contribution in [0.3, 0.4) is 0 Å². The van der Waals surface area contributed by atoms with E-state index in [2.05, 4.69) is 0 Å². The first-order valence-electron chi connectivity index (χ1n) is 3.75. The van der Waals surface area contributed by atoms with Crippen molar-refractivity contribution in [1.82, 2.24) is 0 Å². The molecule has 11 heavy (non-hydrogen) atoms. The number of hydrogen-bond acceptors (Lipinski definition) is 1. The fraction of sp³-hybridized carbons (Fsp3) is 0.333. The topological polar surface area (TPSA) is 12.5 Å². The molecule has 2 heteroatoms. The van der Waals surface area contributed by atoms with Crippen LogP contribution in [0.1, 0.15) is 12.0 Å². The number of fused-ring (bicyclic) bond motifs is 1. The Bertz CT molecular complexity index is 298. The highest BCUT2D eigenvalue weighted by molar-refractivity contribution is 5.38. The van der Waals surface area contributed by atoms with Gasteiger partial charge < -0.3 is 4.74 Å². The largest absolute Gasteiger partial charge is 0.361 e. The average molecular weight is 150 g/mol. The van der Waals surface area contributed by atoms with Crippen molar-refractivity contribution in [2.45, 2.75) is 18.1 Å². The highest BCUT2D eigenvalue weighted by Gasteiger charge is 2.74. The van der Waals surface area contributed by atoms with Crippen molar-refractivity contribution in [3.05, 3.63) is 35.6 Å². The molecule has 0 radical (unpaired) electrons. The summed E-state index contributed by atoms with van der Waals surface area (Å²) in [4.78, 5) is 0. The summed E-state index contributed by atoms with van der Waals surface area (Å²) in [6, 6.07) is 6.59. The van der Waals surface area contributed by atoms with Crippen LogP contribution in [0.4, 0.5) is 4.39 Å². The molecular formula is C9H7FO. The summed E-state index contributed by atoms with van der Waals surface area (Å²) in [6.07, 6.45) is 1.58. The maximum atomic E-state index is 12.5. The Morgan fingerprint density at radius 1 is 1.36 bits per heavy atom. The Morgan fingerprint density at radius 2 is 1.91 bits per heavy atom. The van der Waals surface area contributed by atoms with Crippen molar-refractivity contribution >= 4 is 0 Å². The van der Waals surface area contributed by atoms with E-state index in [0.29, 0.717) is 6.10 Å². The third kappa shape index (κ3) is 0.627. The zero-order valence-electron chi connectivity index (χ0n) is 5.88. The Balaban J connectivity index is 2.02. The van der Waals surface area contributed by atoms with E-state index in [1.165, 1.54) is 12.1 Å². The first-order chi connectivity index (χ1) is 5.31. The lowest BCUT2D eigenvalue weighted by Gasteiger charge is -2.00. The summed E-state index contributed by atoms with van der Waals surface area (Å²) >= 11 is 0. The SMILES string of the molecule is Fc1ccc(C23CC2O3)cc1. The zero-order valence-corrected chi connectivity index (χ0v) is 5.88. The molecule has 1 aliphatic heterocycles. The van der Waals surface area contributed by atoms with Gasteiger partial charge in [-0.1, -0.05) is 12.1 Å². The van der Waals surface area contributed by atoms with E-state index in [1.54, 1.807) is 0 Å². The van der Waals surface area contributed by atoms with Gasteiger partial charge in [-0.2, -0.15) is 0 Å². The molecule has 1 saturated heterocycles. The molecule has 0 spiro atoms. The number of epoxide rings is 1. The third-order valence-electron chi connectivity index (χ3n) is 2.48. The fourth-order valence-electron chi connectivity index (χ4n) is 1.53. The summed E-state index contributed by atoms with van der Waals surface area (Å²) in [5, 5.41) is 0. The van der Waals surface area contributed by atoms with E-state index in [9.17, 15) is 4.39 Å². The summed E-state index contributed by atoms with van der Waals surface area (Å²) < 4.78 is 17.8. The first-order valence-corrected chi connectivity index (χ1v) is 3.75. The normalized spacial score (nSPS) is 38.1. The lowest BCUT2D eigenvalue weighted by Crippen LogP contribution is -1.94. The van der Waals surface area contributed by atoms with Gasteiger partial charge in [0, 0.05) is 6.42 Å². The maximum Gasteiger partial charge on any atom is 0.123 e. The molecule has 0 N–H and O–H groups in total. The van der Waals surface area contributed by atoms with E-state index in [4.69, 9.17) is 4.74 Å². The third-order valence-corrected chi connectivity index (χ3v) is 2.48. The molecule has 1 aromatic rings. The number of rotatable bonds is 1.